The van der Waals surface area contributed by atoms with E-state index in [2.05, 4.69) is 17.2 Å². The Morgan fingerprint density at radius 2 is 1.92 bits per heavy atom. The van der Waals surface area contributed by atoms with E-state index in [4.69, 9.17) is 10.5 Å². The predicted molar refractivity (Wildman–Crippen MR) is 114 cm³/mol. The standard InChI is InChI=1S/C19H25N3O2.HI/c1-13-5-4-6-18(9-13)24-12-17(23)11-21-19(20)22-16-8-7-14(2)15(3)10-16;/h4-10,17,23H,11-12H2,1-3H3,(H3,20,21,22);1H. The first-order chi connectivity index (χ1) is 11.4. The normalized spacial score (nSPS) is 12.2. The Morgan fingerprint density at radius 1 is 1.16 bits per heavy atom. The third-order valence-corrected chi connectivity index (χ3v) is 3.68. The Bertz CT molecular complexity index is 720. The van der Waals surface area contributed by atoms with Gasteiger partial charge in [-0.3, -0.25) is 4.99 Å². The average molecular weight is 455 g/mol. The molecule has 0 aromatic heterocycles. The first kappa shape index (κ1) is 21.2. The maximum atomic E-state index is 9.96. The molecule has 0 radical (unpaired) electrons. The van der Waals surface area contributed by atoms with Gasteiger partial charge in [0.15, 0.2) is 5.96 Å². The van der Waals surface area contributed by atoms with E-state index in [9.17, 15) is 5.11 Å². The van der Waals surface area contributed by atoms with Crippen LogP contribution in [0, 0.1) is 20.8 Å². The average Bonchev–Trinajstić information content (AvgIpc) is 2.54. The lowest BCUT2D eigenvalue weighted by atomic mass is 10.1. The molecule has 136 valence electrons. The van der Waals surface area contributed by atoms with Crippen LogP contribution in [-0.4, -0.2) is 30.3 Å². The Hall–Kier alpha value is -1.80. The molecule has 0 amide bonds. The van der Waals surface area contributed by atoms with Crippen LogP contribution in [0.15, 0.2) is 47.5 Å². The summed E-state index contributed by atoms with van der Waals surface area (Å²) in [5.74, 6) is 1.01. The number of aliphatic hydroxyl groups excluding tert-OH is 1. The number of nitrogens with one attached hydrogen (secondary N) is 1. The van der Waals surface area contributed by atoms with Crippen molar-refractivity contribution in [3.63, 3.8) is 0 Å². The molecular formula is C19H26IN3O2. The number of halogens is 1. The number of guanidine groups is 1. The first-order valence-electron chi connectivity index (χ1n) is 7.96. The molecule has 0 fully saturated rings. The molecular weight excluding hydrogens is 429 g/mol. The number of ether oxygens (including phenoxy) is 1. The van der Waals surface area contributed by atoms with Gasteiger partial charge >= 0.3 is 0 Å². The Kier molecular flexibility index (Phi) is 8.71. The minimum Gasteiger partial charge on any atom is -0.491 e. The van der Waals surface area contributed by atoms with Crippen molar-refractivity contribution < 1.29 is 9.84 Å². The molecule has 2 aromatic rings. The molecule has 0 aliphatic carbocycles. The minimum atomic E-state index is -0.717. The molecule has 6 heteroatoms. The molecule has 2 rings (SSSR count). The first-order valence-corrected chi connectivity index (χ1v) is 7.96. The molecule has 2 aromatic carbocycles. The zero-order valence-electron chi connectivity index (χ0n) is 14.8. The van der Waals surface area contributed by atoms with E-state index in [1.54, 1.807) is 0 Å². The summed E-state index contributed by atoms with van der Waals surface area (Å²) in [5.41, 5.74) is 10.3. The zero-order valence-corrected chi connectivity index (χ0v) is 17.2. The van der Waals surface area contributed by atoms with Crippen LogP contribution in [0.25, 0.3) is 0 Å². The van der Waals surface area contributed by atoms with Crippen LogP contribution in [-0.2, 0) is 0 Å². The van der Waals surface area contributed by atoms with Crippen molar-refractivity contribution in [2.24, 2.45) is 10.7 Å². The maximum absolute atomic E-state index is 9.96. The number of aryl methyl sites for hydroxylation is 3. The van der Waals surface area contributed by atoms with E-state index < -0.39 is 6.10 Å². The molecule has 0 saturated carbocycles. The van der Waals surface area contributed by atoms with Crippen molar-refractivity contribution in [1.82, 2.24) is 0 Å². The van der Waals surface area contributed by atoms with Gasteiger partial charge < -0.3 is 20.9 Å². The van der Waals surface area contributed by atoms with E-state index in [0.717, 1.165) is 17.0 Å². The van der Waals surface area contributed by atoms with E-state index >= 15 is 0 Å². The Balaban J connectivity index is 0.00000312. The highest BCUT2D eigenvalue weighted by Crippen LogP contribution is 2.14. The quantitative estimate of drug-likeness (QED) is 0.355. The van der Waals surface area contributed by atoms with Gasteiger partial charge in [0.25, 0.3) is 0 Å². The summed E-state index contributed by atoms with van der Waals surface area (Å²) in [7, 11) is 0. The van der Waals surface area contributed by atoms with Crippen LogP contribution in [0.1, 0.15) is 16.7 Å². The molecule has 0 aliphatic heterocycles. The van der Waals surface area contributed by atoms with Crippen LogP contribution in [0.2, 0.25) is 0 Å². The fraction of sp³-hybridized carbons (Fsp3) is 0.316. The molecule has 25 heavy (non-hydrogen) atoms. The number of rotatable bonds is 6. The van der Waals surface area contributed by atoms with Gasteiger partial charge in [-0.1, -0.05) is 18.2 Å². The SMILES string of the molecule is Cc1cccc(OCC(O)CN=C(N)Nc2ccc(C)c(C)c2)c1.I. The van der Waals surface area contributed by atoms with Gasteiger partial charge in [-0.15, -0.1) is 24.0 Å². The second-order valence-corrected chi connectivity index (χ2v) is 5.93. The van der Waals surface area contributed by atoms with Crippen LogP contribution in [0.3, 0.4) is 0 Å². The molecule has 0 heterocycles. The second kappa shape index (κ2) is 10.2. The fourth-order valence-corrected chi connectivity index (χ4v) is 2.16. The zero-order chi connectivity index (χ0) is 17.5. The van der Waals surface area contributed by atoms with Crippen molar-refractivity contribution in [3.05, 3.63) is 59.2 Å². The highest BCUT2D eigenvalue weighted by Gasteiger charge is 2.05. The van der Waals surface area contributed by atoms with Gasteiger partial charge in [-0.05, 0) is 61.7 Å². The third-order valence-electron chi connectivity index (χ3n) is 3.68. The summed E-state index contributed by atoms with van der Waals surface area (Å²) in [6, 6.07) is 13.7. The van der Waals surface area contributed by atoms with Gasteiger partial charge in [0.1, 0.15) is 18.5 Å². The van der Waals surface area contributed by atoms with Gasteiger partial charge in [0.05, 0.1) is 6.54 Å². The number of benzene rings is 2. The molecule has 1 unspecified atom stereocenters. The molecule has 0 spiro atoms. The van der Waals surface area contributed by atoms with Crippen molar-refractivity contribution in [3.8, 4) is 5.75 Å². The maximum Gasteiger partial charge on any atom is 0.193 e. The van der Waals surface area contributed by atoms with Crippen LogP contribution in [0.4, 0.5) is 5.69 Å². The molecule has 1 atom stereocenters. The van der Waals surface area contributed by atoms with Gasteiger partial charge in [-0.2, -0.15) is 0 Å². The Morgan fingerprint density at radius 3 is 2.60 bits per heavy atom. The largest absolute Gasteiger partial charge is 0.491 e. The summed E-state index contributed by atoms with van der Waals surface area (Å²) in [6.07, 6.45) is -0.717. The Labute approximate surface area is 166 Å². The lowest BCUT2D eigenvalue weighted by Gasteiger charge is -2.12. The lowest BCUT2D eigenvalue weighted by molar-refractivity contribution is 0.114. The van der Waals surface area contributed by atoms with Crippen molar-refractivity contribution in [2.45, 2.75) is 26.9 Å². The fourth-order valence-electron chi connectivity index (χ4n) is 2.16. The highest BCUT2D eigenvalue weighted by atomic mass is 127. The number of hydrogen-bond donors (Lipinski definition) is 3. The second-order valence-electron chi connectivity index (χ2n) is 5.93. The van der Waals surface area contributed by atoms with Crippen molar-refractivity contribution in [1.29, 1.82) is 0 Å². The van der Waals surface area contributed by atoms with E-state index in [1.807, 2.05) is 56.3 Å². The monoisotopic (exact) mass is 455 g/mol. The number of aliphatic imine (C=N–C) groups is 1. The minimum absolute atomic E-state index is 0. The van der Waals surface area contributed by atoms with Gasteiger partial charge in [0.2, 0.25) is 0 Å². The molecule has 0 saturated heterocycles. The topological polar surface area (TPSA) is 79.9 Å². The predicted octanol–water partition coefficient (Wildman–Crippen LogP) is 3.40. The summed E-state index contributed by atoms with van der Waals surface area (Å²) in [4.78, 5) is 4.15. The lowest BCUT2D eigenvalue weighted by Crippen LogP contribution is -2.27. The van der Waals surface area contributed by atoms with Crippen LogP contribution < -0.4 is 15.8 Å². The third kappa shape index (κ3) is 7.31. The smallest absolute Gasteiger partial charge is 0.193 e. The number of hydrogen-bond acceptors (Lipinski definition) is 3. The summed E-state index contributed by atoms with van der Waals surface area (Å²) in [5, 5.41) is 13.0. The van der Waals surface area contributed by atoms with Crippen LogP contribution in [0.5, 0.6) is 5.75 Å². The number of nitrogens with two attached hydrogens (primary N) is 1. The molecule has 4 N–H and O–H groups in total. The molecule has 0 aliphatic rings. The number of anilines is 1. The van der Waals surface area contributed by atoms with Crippen molar-refractivity contribution in [2.75, 3.05) is 18.5 Å². The summed E-state index contributed by atoms with van der Waals surface area (Å²) in [6.45, 7) is 6.44. The van der Waals surface area contributed by atoms with Gasteiger partial charge in [-0.25, -0.2) is 0 Å². The van der Waals surface area contributed by atoms with Crippen molar-refractivity contribution >= 4 is 35.6 Å². The van der Waals surface area contributed by atoms with E-state index in [0.29, 0.717) is 0 Å². The molecule has 0 bridgehead atoms. The van der Waals surface area contributed by atoms with E-state index in [-0.39, 0.29) is 43.1 Å². The summed E-state index contributed by atoms with van der Waals surface area (Å²) < 4.78 is 5.55. The number of nitrogens with zero attached hydrogens (tertiary/aromatic N) is 1. The summed E-state index contributed by atoms with van der Waals surface area (Å²) >= 11 is 0. The van der Waals surface area contributed by atoms with Crippen LogP contribution >= 0.6 is 24.0 Å². The number of aliphatic hydroxyl groups is 1. The van der Waals surface area contributed by atoms with E-state index in [1.165, 1.54) is 11.1 Å². The van der Waals surface area contributed by atoms with Gasteiger partial charge in [0, 0.05) is 5.69 Å². The highest BCUT2D eigenvalue weighted by molar-refractivity contribution is 14.0. The molecule has 5 nitrogen and oxygen atoms in total.